The average Bonchev–Trinajstić information content (AvgIpc) is 3.28. The molecule has 0 fully saturated rings. The number of benzene rings is 4. The maximum Gasteiger partial charge on any atom is 0.515 e. The molecule has 4 aromatic carbocycles. The Hall–Kier alpha value is -3.96. The Balaban J connectivity index is 1.46. The van der Waals surface area contributed by atoms with Crippen molar-refractivity contribution in [2.75, 3.05) is 52.4 Å². The molecule has 16 nitrogen and oxygen atoms in total. The van der Waals surface area contributed by atoms with E-state index >= 15 is 18.3 Å². The van der Waals surface area contributed by atoms with Crippen molar-refractivity contribution >= 4 is 31.0 Å². The van der Waals surface area contributed by atoms with Crippen LogP contribution in [-0.4, -0.2) is 71.0 Å². The van der Waals surface area contributed by atoms with Gasteiger partial charge in [-0.2, -0.15) is 18.7 Å². The molecule has 0 N–H and O–H groups in total. The van der Waals surface area contributed by atoms with Crippen LogP contribution < -0.4 is 36.2 Å². The summed E-state index contributed by atoms with van der Waals surface area (Å²) in [5.74, 6) is 0.0657. The van der Waals surface area contributed by atoms with Gasteiger partial charge in [0.05, 0.1) is 0 Å². The van der Waals surface area contributed by atoms with Crippen LogP contribution in [0.2, 0.25) is 0 Å². The Kier molecular flexibility index (Phi) is 13.0. The minimum atomic E-state index is -4.25. The van der Waals surface area contributed by atoms with Crippen molar-refractivity contribution in [1.29, 1.82) is 0 Å². The maximum absolute atomic E-state index is 15.6. The summed E-state index contributed by atoms with van der Waals surface area (Å²) in [6, 6.07) is 14.7. The highest BCUT2D eigenvalue weighted by molar-refractivity contribution is 7.53. The quantitative estimate of drug-likeness (QED) is 0.123. The Morgan fingerprint density at radius 2 is 0.426 bits per heavy atom. The lowest BCUT2D eigenvalue weighted by molar-refractivity contribution is 0.282. The zero-order valence-corrected chi connectivity index (χ0v) is 44.6. The summed E-state index contributed by atoms with van der Waals surface area (Å²) in [4.78, 5) is 0. The van der Waals surface area contributed by atoms with E-state index in [-0.39, 0.29) is 46.0 Å². The second-order valence-electron chi connectivity index (χ2n) is 17.8. The lowest BCUT2D eigenvalue weighted by Gasteiger charge is -2.38. The third-order valence-corrected chi connectivity index (χ3v) is 22.8. The monoisotopic (exact) mass is 1010 g/mol. The lowest BCUT2D eigenvalue weighted by Crippen LogP contribution is -2.29. The standard InChI is InChI=1S/C48H64N4O12P4/c1-13-49(14-2)65(53)57-41-25-43-35-21-33(41)29(9)34-22-36-31(11)38-24-40-32(12)39-23-37(30(35)10)45(61-66(54,59-43)50(15-3)16-4)27-47(39)63-68(56,52(19-7)20-8)64-48(40)28-46(38)62-67(55,51(17-5)18-6)60-44(36)26-42(34)58-65/h21-32H,13-20H2,1-12H3. The van der Waals surface area contributed by atoms with E-state index in [0.29, 0.717) is 96.9 Å². The van der Waals surface area contributed by atoms with Crippen molar-refractivity contribution in [1.82, 2.24) is 18.7 Å². The highest BCUT2D eigenvalue weighted by Gasteiger charge is 2.48. The van der Waals surface area contributed by atoms with Crippen molar-refractivity contribution in [2.45, 2.75) is 107 Å². The smallest absolute Gasteiger partial charge is 0.404 e. The molecular formula is C48H64N4O12P4. The Morgan fingerprint density at radius 1 is 0.294 bits per heavy atom. The van der Waals surface area contributed by atoms with Crippen LogP contribution in [0.3, 0.4) is 0 Å². The molecule has 0 amide bonds. The van der Waals surface area contributed by atoms with Crippen molar-refractivity contribution in [3.05, 3.63) is 93.0 Å². The highest BCUT2D eigenvalue weighted by Crippen LogP contribution is 2.66. The van der Waals surface area contributed by atoms with Crippen molar-refractivity contribution in [2.24, 2.45) is 0 Å². The van der Waals surface area contributed by atoms with Crippen molar-refractivity contribution in [3.63, 3.8) is 0 Å². The van der Waals surface area contributed by atoms with Gasteiger partial charge >= 0.3 is 31.0 Å². The van der Waals surface area contributed by atoms with E-state index in [4.69, 9.17) is 36.2 Å². The molecule has 4 heterocycles. The molecule has 5 aliphatic rings. The van der Waals surface area contributed by atoms with Crippen LogP contribution in [-0.2, 0) is 18.3 Å². The molecule has 368 valence electrons. The summed E-state index contributed by atoms with van der Waals surface area (Å²) in [6.45, 7) is 25.7. The van der Waals surface area contributed by atoms with E-state index in [0.717, 1.165) is 0 Å². The fourth-order valence-corrected chi connectivity index (χ4v) is 17.3. The fraction of sp³-hybridized carbons (Fsp3) is 0.500. The minimum absolute atomic E-state index is 0.239. The van der Waals surface area contributed by atoms with Crippen molar-refractivity contribution < 1.29 is 54.5 Å². The normalized spacial score (nSPS) is 28.4. The van der Waals surface area contributed by atoms with Gasteiger partial charge in [0, 0.05) is 145 Å². The van der Waals surface area contributed by atoms with E-state index in [1.807, 2.05) is 107 Å². The van der Waals surface area contributed by atoms with Crippen molar-refractivity contribution in [3.8, 4) is 46.0 Å². The zero-order chi connectivity index (χ0) is 48.8. The highest BCUT2D eigenvalue weighted by atomic mass is 31.2. The van der Waals surface area contributed by atoms with Gasteiger partial charge in [0.25, 0.3) is 0 Å². The van der Waals surface area contributed by atoms with E-state index in [1.54, 1.807) is 42.9 Å². The second-order valence-corrected chi connectivity index (χ2v) is 25.2. The predicted octanol–water partition coefficient (Wildman–Crippen LogP) is 13.5. The maximum atomic E-state index is 15.6. The van der Waals surface area contributed by atoms with Gasteiger partial charge in [-0.15, -0.1) is 0 Å². The average molecular weight is 1010 g/mol. The Labute approximate surface area is 400 Å². The van der Waals surface area contributed by atoms with Crippen LogP contribution in [0.5, 0.6) is 46.0 Å². The van der Waals surface area contributed by atoms with Crippen LogP contribution in [0.1, 0.15) is 151 Å². The molecule has 0 saturated carbocycles. The van der Waals surface area contributed by atoms with E-state index < -0.39 is 54.7 Å². The Bertz CT molecular complexity index is 2350. The molecule has 4 aliphatic heterocycles. The molecule has 0 atom stereocenters. The molecule has 68 heavy (non-hydrogen) atoms. The van der Waals surface area contributed by atoms with Gasteiger partial charge in [-0.25, -0.2) is 18.3 Å². The van der Waals surface area contributed by atoms with Gasteiger partial charge < -0.3 is 36.2 Å². The summed E-state index contributed by atoms with van der Waals surface area (Å²) >= 11 is 0. The largest absolute Gasteiger partial charge is 0.515 e. The first kappa shape index (κ1) is 49.0. The van der Waals surface area contributed by atoms with Gasteiger partial charge in [0.15, 0.2) is 0 Å². The first-order valence-corrected chi connectivity index (χ1v) is 30.0. The summed E-state index contributed by atoms with van der Waals surface area (Å²) in [5.41, 5.74) is 5.50. The minimum Gasteiger partial charge on any atom is -0.404 e. The van der Waals surface area contributed by atoms with Gasteiger partial charge in [-0.1, -0.05) is 83.1 Å². The first-order valence-electron chi connectivity index (χ1n) is 24.0. The molecule has 0 spiro atoms. The number of hydrogen-bond donors (Lipinski definition) is 0. The summed E-state index contributed by atoms with van der Waals surface area (Å²) in [7, 11) is -17.0. The Morgan fingerprint density at radius 3 is 0.544 bits per heavy atom. The SMILES string of the molecule is CCN(CC)P1(=O)Oc2cc3c4cc2C(C)c2cc5c(cc2O1)OP(=O)(N(CC)CC)Oc1cc2c(cc1C5C)C(C)c1cc(c(cc1OP(=O)(N(CC)CC)O2)OP(=O)(N(CC)CC)O3)C4C. The van der Waals surface area contributed by atoms with Crippen LogP contribution in [0.15, 0.2) is 48.5 Å². The molecular weight excluding hydrogens is 948 g/mol. The predicted molar refractivity (Wildman–Crippen MR) is 263 cm³/mol. The molecule has 20 heteroatoms. The topological polar surface area (TPSA) is 155 Å². The fourth-order valence-electron chi connectivity index (χ4n) is 10.2. The molecule has 8 bridgehead atoms. The van der Waals surface area contributed by atoms with E-state index in [1.165, 1.54) is 0 Å². The number of hydrogen-bond acceptors (Lipinski definition) is 12. The number of rotatable bonds is 12. The lowest BCUT2D eigenvalue weighted by atomic mass is 9.81. The molecule has 1 aliphatic carbocycles. The molecule has 9 rings (SSSR count). The molecule has 0 unspecified atom stereocenters. The third kappa shape index (κ3) is 7.81. The van der Waals surface area contributed by atoms with Crippen LogP contribution in [0.4, 0.5) is 0 Å². The van der Waals surface area contributed by atoms with Crippen LogP contribution >= 0.6 is 31.0 Å². The third-order valence-electron chi connectivity index (χ3n) is 14.3. The van der Waals surface area contributed by atoms with Gasteiger partial charge in [0.2, 0.25) is 0 Å². The first-order chi connectivity index (χ1) is 32.3. The molecule has 0 radical (unpaired) electrons. The van der Waals surface area contributed by atoms with Gasteiger partial charge in [-0.05, 0) is 24.3 Å². The molecule has 0 saturated heterocycles. The summed E-state index contributed by atoms with van der Waals surface area (Å²) in [5, 5.41) is 0. The molecule has 4 aromatic rings. The van der Waals surface area contributed by atoms with Gasteiger partial charge in [-0.3, -0.25) is 0 Å². The second kappa shape index (κ2) is 18.0. The van der Waals surface area contributed by atoms with Crippen LogP contribution in [0, 0.1) is 0 Å². The van der Waals surface area contributed by atoms with E-state index in [2.05, 4.69) is 0 Å². The van der Waals surface area contributed by atoms with Gasteiger partial charge in [0.1, 0.15) is 46.0 Å². The zero-order valence-electron chi connectivity index (χ0n) is 41.1. The van der Waals surface area contributed by atoms with Crippen LogP contribution in [0.25, 0.3) is 0 Å². The number of nitrogens with zero attached hydrogens (tertiary/aromatic N) is 4. The summed E-state index contributed by atoms with van der Waals surface area (Å²) < 4.78 is 122. The summed E-state index contributed by atoms with van der Waals surface area (Å²) in [6.07, 6.45) is 0. The van der Waals surface area contributed by atoms with E-state index in [9.17, 15) is 0 Å². The molecule has 0 aromatic heterocycles.